The van der Waals surface area contributed by atoms with Crippen molar-refractivity contribution >= 4 is 34.6 Å². The molecule has 1 heterocycles. The Balaban J connectivity index is 1.60. The van der Waals surface area contributed by atoms with E-state index in [-0.39, 0.29) is 24.2 Å². The van der Waals surface area contributed by atoms with Crippen LogP contribution in [-0.2, 0) is 27.4 Å². The van der Waals surface area contributed by atoms with Gasteiger partial charge in [0.15, 0.2) is 0 Å². The highest BCUT2D eigenvalue weighted by Crippen LogP contribution is 2.15. The molecule has 0 spiro atoms. The average Bonchev–Trinajstić information content (AvgIpc) is 3.31. The summed E-state index contributed by atoms with van der Waals surface area (Å²) >= 11 is 0.955. The summed E-state index contributed by atoms with van der Waals surface area (Å²) in [5, 5.41) is 8.03. The fourth-order valence-electron chi connectivity index (χ4n) is 2.90. The lowest BCUT2D eigenvalue weighted by Crippen LogP contribution is -2.52. The van der Waals surface area contributed by atoms with E-state index in [0.717, 1.165) is 22.7 Å². The van der Waals surface area contributed by atoms with Crippen LogP contribution in [-0.4, -0.2) is 46.5 Å². The maximum Gasteiger partial charge on any atom is 0.408 e. The first-order valence-corrected chi connectivity index (χ1v) is 11.2. The Labute approximate surface area is 200 Å². The van der Waals surface area contributed by atoms with Crippen LogP contribution >= 0.6 is 11.5 Å². The number of alkyl carbamates (subject to hydrolysis) is 1. The molecule has 0 radical (unpaired) electrons. The third-order valence-corrected chi connectivity index (χ3v) is 5.29. The molecule has 3 rings (SSSR count). The highest BCUT2D eigenvalue weighted by molar-refractivity contribution is 7.10. The van der Waals surface area contributed by atoms with Crippen LogP contribution in [0.4, 0.5) is 9.93 Å². The van der Waals surface area contributed by atoms with Crippen molar-refractivity contribution in [2.24, 2.45) is 0 Å². The number of carbonyl (C=O) groups is 3. The summed E-state index contributed by atoms with van der Waals surface area (Å²) in [5.74, 6) is -1.02. The van der Waals surface area contributed by atoms with Gasteiger partial charge in [-0.1, -0.05) is 60.7 Å². The van der Waals surface area contributed by atoms with Crippen molar-refractivity contribution in [3.63, 3.8) is 0 Å². The van der Waals surface area contributed by atoms with Gasteiger partial charge in [-0.2, -0.15) is 4.98 Å². The highest BCUT2D eigenvalue weighted by Gasteiger charge is 2.26. The molecule has 0 bridgehead atoms. The Kier molecular flexibility index (Phi) is 8.92. The van der Waals surface area contributed by atoms with Gasteiger partial charge in [0.25, 0.3) is 0 Å². The highest BCUT2D eigenvalue weighted by atomic mass is 32.1. The first kappa shape index (κ1) is 24.6. The van der Waals surface area contributed by atoms with E-state index in [2.05, 4.69) is 25.3 Å². The van der Waals surface area contributed by atoms with E-state index in [1.807, 2.05) is 60.7 Å². The molecule has 0 saturated heterocycles. The van der Waals surface area contributed by atoms with Gasteiger partial charge in [-0.15, -0.1) is 4.37 Å². The third kappa shape index (κ3) is 7.55. The van der Waals surface area contributed by atoms with E-state index in [4.69, 9.17) is 9.47 Å². The second-order valence-corrected chi connectivity index (χ2v) is 8.01. The van der Waals surface area contributed by atoms with Gasteiger partial charge >= 0.3 is 12.1 Å². The molecule has 0 saturated carbocycles. The summed E-state index contributed by atoms with van der Waals surface area (Å²) in [7, 11) is 1.42. The van der Waals surface area contributed by atoms with Crippen molar-refractivity contribution < 1.29 is 23.9 Å². The molecule has 0 aliphatic rings. The van der Waals surface area contributed by atoms with Gasteiger partial charge in [0.1, 0.15) is 18.7 Å². The summed E-state index contributed by atoms with van der Waals surface area (Å²) in [6.07, 6.45) is -0.521. The van der Waals surface area contributed by atoms with Gasteiger partial charge in [0.2, 0.25) is 16.9 Å². The lowest BCUT2D eigenvalue weighted by molar-refractivity contribution is -0.127. The molecular formula is C23H25N5O5S. The van der Waals surface area contributed by atoms with Gasteiger partial charge in [-0.25, -0.2) is 4.79 Å². The predicted octanol–water partition coefficient (Wildman–Crippen LogP) is 2.53. The largest absolute Gasteiger partial charge is 0.466 e. The summed E-state index contributed by atoms with van der Waals surface area (Å²) in [4.78, 5) is 41.8. The first-order chi connectivity index (χ1) is 16.4. The average molecular weight is 484 g/mol. The fourth-order valence-corrected chi connectivity index (χ4v) is 3.45. The molecule has 0 aliphatic carbocycles. The minimum atomic E-state index is -0.956. The quantitative estimate of drug-likeness (QED) is 0.404. The maximum atomic E-state index is 13.0. The molecule has 34 heavy (non-hydrogen) atoms. The molecule has 3 N–H and O–H groups in total. The zero-order chi connectivity index (χ0) is 24.3. The van der Waals surface area contributed by atoms with Crippen LogP contribution in [0.5, 0.6) is 6.01 Å². The van der Waals surface area contributed by atoms with E-state index < -0.39 is 30.0 Å². The van der Waals surface area contributed by atoms with Crippen molar-refractivity contribution in [2.75, 3.05) is 12.4 Å². The number of nitrogens with zero attached hydrogens (tertiary/aromatic N) is 2. The number of methoxy groups -OCH3 is 1. The molecule has 3 amide bonds. The van der Waals surface area contributed by atoms with E-state index in [9.17, 15) is 14.4 Å². The van der Waals surface area contributed by atoms with Crippen LogP contribution in [0.1, 0.15) is 18.1 Å². The van der Waals surface area contributed by atoms with E-state index in [0.29, 0.717) is 0 Å². The van der Waals surface area contributed by atoms with Crippen LogP contribution in [0, 0.1) is 0 Å². The number of amides is 3. The summed E-state index contributed by atoms with van der Waals surface area (Å²) in [5.41, 5.74) is 1.66. The molecule has 178 valence electrons. The van der Waals surface area contributed by atoms with Gasteiger partial charge < -0.3 is 20.1 Å². The van der Waals surface area contributed by atoms with E-state index in [1.165, 1.54) is 14.0 Å². The second-order valence-electron chi connectivity index (χ2n) is 7.25. The van der Waals surface area contributed by atoms with Crippen molar-refractivity contribution in [3.05, 3.63) is 71.8 Å². The molecular weight excluding hydrogens is 458 g/mol. The van der Waals surface area contributed by atoms with Gasteiger partial charge in [0.05, 0.1) is 7.11 Å². The normalized spacial score (nSPS) is 12.2. The SMILES string of the molecule is COc1nsc(NC(=O)[C@H](C)NC(=O)[C@H](Cc2ccccc2)NC(=O)OCc2ccccc2)n1. The van der Waals surface area contributed by atoms with Crippen LogP contribution < -0.4 is 20.7 Å². The number of hydrogen-bond acceptors (Lipinski definition) is 8. The van der Waals surface area contributed by atoms with Crippen molar-refractivity contribution in [3.8, 4) is 6.01 Å². The Bertz CT molecular complexity index is 1090. The van der Waals surface area contributed by atoms with Gasteiger partial charge in [-0.3, -0.25) is 14.9 Å². The number of carbonyl (C=O) groups excluding carboxylic acids is 3. The Morgan fingerprint density at radius 3 is 2.21 bits per heavy atom. The first-order valence-electron chi connectivity index (χ1n) is 10.4. The van der Waals surface area contributed by atoms with E-state index in [1.54, 1.807) is 0 Å². The minimum absolute atomic E-state index is 0.0659. The second kappa shape index (κ2) is 12.3. The fraction of sp³-hybridized carbons (Fsp3) is 0.261. The van der Waals surface area contributed by atoms with Crippen molar-refractivity contribution in [2.45, 2.75) is 32.0 Å². The molecule has 1 aromatic heterocycles. The standard InChI is InChI=1S/C23H25N5O5S/c1-15(19(29)26-22-27-21(32-2)28-34-22)24-20(30)18(13-16-9-5-3-6-10-16)25-23(31)33-14-17-11-7-4-8-12-17/h3-12,15,18H,13-14H2,1-2H3,(H,24,30)(H,25,31)(H,26,27,28,29)/t15-,18-/m0/s1. The Hall–Kier alpha value is -3.99. The molecule has 0 fully saturated rings. The van der Waals surface area contributed by atoms with Crippen LogP contribution in [0.3, 0.4) is 0 Å². The van der Waals surface area contributed by atoms with Gasteiger partial charge in [-0.05, 0) is 18.1 Å². The number of rotatable bonds is 10. The summed E-state index contributed by atoms with van der Waals surface area (Å²) in [6.45, 7) is 1.59. The van der Waals surface area contributed by atoms with Crippen molar-refractivity contribution in [1.82, 2.24) is 20.0 Å². The predicted molar refractivity (Wildman–Crippen MR) is 126 cm³/mol. The number of nitrogens with one attached hydrogen (secondary N) is 3. The van der Waals surface area contributed by atoms with E-state index >= 15 is 0 Å². The lowest BCUT2D eigenvalue weighted by atomic mass is 10.1. The number of anilines is 1. The summed E-state index contributed by atoms with van der Waals surface area (Å²) in [6, 6.07) is 16.7. The zero-order valence-electron chi connectivity index (χ0n) is 18.7. The Morgan fingerprint density at radius 2 is 1.59 bits per heavy atom. The van der Waals surface area contributed by atoms with Crippen molar-refractivity contribution in [1.29, 1.82) is 0 Å². The maximum absolute atomic E-state index is 13.0. The number of hydrogen-bond donors (Lipinski definition) is 3. The van der Waals surface area contributed by atoms with Crippen LogP contribution in [0.2, 0.25) is 0 Å². The van der Waals surface area contributed by atoms with Gasteiger partial charge in [0, 0.05) is 18.0 Å². The molecule has 2 atom stereocenters. The molecule has 10 nitrogen and oxygen atoms in total. The molecule has 2 aromatic carbocycles. The number of aromatic nitrogens is 2. The zero-order valence-corrected chi connectivity index (χ0v) is 19.5. The topological polar surface area (TPSA) is 132 Å². The Morgan fingerprint density at radius 1 is 0.941 bits per heavy atom. The third-order valence-electron chi connectivity index (χ3n) is 4.68. The molecule has 11 heteroatoms. The summed E-state index contributed by atoms with van der Waals surface area (Å²) < 4.78 is 14.0. The molecule has 0 aliphatic heterocycles. The number of ether oxygens (including phenoxy) is 2. The number of benzene rings is 2. The molecule has 0 unspecified atom stereocenters. The molecule has 3 aromatic rings. The van der Waals surface area contributed by atoms with Crippen LogP contribution in [0.25, 0.3) is 0 Å². The monoisotopic (exact) mass is 483 g/mol. The smallest absolute Gasteiger partial charge is 0.408 e. The minimum Gasteiger partial charge on any atom is -0.466 e. The lowest BCUT2D eigenvalue weighted by Gasteiger charge is -2.21. The van der Waals surface area contributed by atoms with Crippen LogP contribution in [0.15, 0.2) is 60.7 Å².